The van der Waals surface area contributed by atoms with E-state index in [0.29, 0.717) is 5.56 Å². The Balaban J connectivity index is 2.34. The molecular weight excluding hydrogens is 227 g/mol. The highest BCUT2D eigenvalue weighted by molar-refractivity contribution is 5.57. The quantitative estimate of drug-likeness (QED) is 0.891. The molecule has 2 nitrogen and oxygen atoms in total. The van der Waals surface area contributed by atoms with Crippen LogP contribution in [0.25, 0.3) is 0 Å². The summed E-state index contributed by atoms with van der Waals surface area (Å²) in [7, 11) is 0. The zero-order chi connectivity index (χ0) is 13.3. The lowest BCUT2D eigenvalue weighted by Crippen LogP contribution is -2.23. The second-order valence-corrected chi connectivity index (χ2v) is 5.46. The zero-order valence-electron chi connectivity index (χ0n) is 11.5. The fourth-order valence-corrected chi connectivity index (χ4v) is 2.70. The molecule has 2 rings (SSSR count). The van der Waals surface area contributed by atoms with Crippen molar-refractivity contribution in [2.45, 2.75) is 39.7 Å². The van der Waals surface area contributed by atoms with Gasteiger partial charge in [-0.2, -0.15) is 0 Å². The molecule has 1 fully saturated rings. The lowest BCUT2D eigenvalue weighted by molar-refractivity contribution is 0.568. The summed E-state index contributed by atoms with van der Waals surface area (Å²) >= 11 is 0. The van der Waals surface area contributed by atoms with Gasteiger partial charge < -0.3 is 10.6 Å². The van der Waals surface area contributed by atoms with E-state index in [1.165, 1.54) is 12.8 Å². The summed E-state index contributed by atoms with van der Waals surface area (Å²) in [6.07, 6.45) is 2.44. The van der Waals surface area contributed by atoms with Gasteiger partial charge in [-0.15, -0.1) is 0 Å². The molecule has 1 aliphatic rings. The predicted octanol–water partition coefficient (Wildman–Crippen LogP) is 3.39. The molecule has 1 aromatic rings. The minimum absolute atomic E-state index is 0.129. The number of rotatable bonds is 3. The number of nitrogens with zero attached hydrogens (tertiary/aromatic N) is 1. The van der Waals surface area contributed by atoms with Crippen molar-refractivity contribution >= 4 is 5.69 Å². The first kappa shape index (κ1) is 13.3. The molecule has 0 saturated carbocycles. The van der Waals surface area contributed by atoms with E-state index in [2.05, 4.69) is 11.8 Å². The number of anilines is 1. The minimum Gasteiger partial charge on any atom is -0.371 e. The minimum atomic E-state index is -0.155. The molecule has 0 radical (unpaired) electrons. The zero-order valence-corrected chi connectivity index (χ0v) is 11.5. The average Bonchev–Trinajstić information content (AvgIpc) is 2.80. The number of hydrogen-bond donors (Lipinski definition) is 1. The van der Waals surface area contributed by atoms with Crippen LogP contribution in [0.4, 0.5) is 10.1 Å². The monoisotopic (exact) mass is 250 g/mol. The molecule has 1 heterocycles. The van der Waals surface area contributed by atoms with Gasteiger partial charge in [-0.25, -0.2) is 4.39 Å². The van der Waals surface area contributed by atoms with Gasteiger partial charge in [0.05, 0.1) is 0 Å². The molecule has 0 amide bonds. The molecule has 0 bridgehead atoms. The second kappa shape index (κ2) is 5.27. The van der Waals surface area contributed by atoms with Gasteiger partial charge in [0.2, 0.25) is 0 Å². The van der Waals surface area contributed by atoms with Gasteiger partial charge in [0.15, 0.2) is 0 Å². The summed E-state index contributed by atoms with van der Waals surface area (Å²) in [6.45, 7) is 8.10. The maximum absolute atomic E-state index is 13.7. The number of hydrogen-bond acceptors (Lipinski definition) is 2. The van der Waals surface area contributed by atoms with Crippen LogP contribution >= 0.6 is 0 Å². The Kier molecular flexibility index (Phi) is 3.91. The summed E-state index contributed by atoms with van der Waals surface area (Å²) in [6, 6.07) is 3.43. The molecule has 2 atom stereocenters. The van der Waals surface area contributed by atoms with E-state index in [1.54, 1.807) is 6.07 Å². The lowest BCUT2D eigenvalue weighted by Gasteiger charge is -2.24. The molecule has 1 aliphatic heterocycles. The van der Waals surface area contributed by atoms with E-state index in [4.69, 9.17) is 5.73 Å². The first-order chi connectivity index (χ1) is 8.52. The van der Waals surface area contributed by atoms with E-state index in [-0.39, 0.29) is 11.9 Å². The summed E-state index contributed by atoms with van der Waals surface area (Å²) in [5.74, 6) is 0.605. The summed E-state index contributed by atoms with van der Waals surface area (Å²) in [4.78, 5) is 2.36. The second-order valence-electron chi connectivity index (χ2n) is 5.46. The Morgan fingerprint density at radius 1 is 1.50 bits per heavy atom. The first-order valence-electron chi connectivity index (χ1n) is 6.83. The molecule has 18 heavy (non-hydrogen) atoms. The van der Waals surface area contributed by atoms with Crippen molar-refractivity contribution < 1.29 is 4.39 Å². The van der Waals surface area contributed by atoms with E-state index in [0.717, 1.165) is 30.3 Å². The molecule has 0 aliphatic carbocycles. The van der Waals surface area contributed by atoms with Gasteiger partial charge in [-0.05, 0) is 49.4 Å². The van der Waals surface area contributed by atoms with E-state index in [9.17, 15) is 4.39 Å². The molecule has 0 spiro atoms. The van der Waals surface area contributed by atoms with Crippen molar-refractivity contribution in [2.24, 2.45) is 11.7 Å². The van der Waals surface area contributed by atoms with Crippen LogP contribution in [0.2, 0.25) is 0 Å². The van der Waals surface area contributed by atoms with Crippen molar-refractivity contribution in [1.29, 1.82) is 0 Å². The van der Waals surface area contributed by atoms with Crippen LogP contribution in [0.15, 0.2) is 12.1 Å². The van der Waals surface area contributed by atoms with Gasteiger partial charge in [-0.3, -0.25) is 0 Å². The van der Waals surface area contributed by atoms with E-state index >= 15 is 0 Å². The third-order valence-electron chi connectivity index (χ3n) is 4.00. The highest BCUT2D eigenvalue weighted by atomic mass is 19.1. The van der Waals surface area contributed by atoms with Crippen molar-refractivity contribution in [3.05, 3.63) is 29.1 Å². The smallest absolute Gasteiger partial charge is 0.126 e. The normalized spacial score (nSPS) is 21.4. The van der Waals surface area contributed by atoms with Crippen LogP contribution in [0, 0.1) is 18.7 Å². The fourth-order valence-electron chi connectivity index (χ4n) is 2.70. The summed E-state index contributed by atoms with van der Waals surface area (Å²) in [5, 5.41) is 0. The van der Waals surface area contributed by atoms with Crippen molar-refractivity contribution in [1.82, 2.24) is 0 Å². The first-order valence-corrected chi connectivity index (χ1v) is 6.83. The number of nitrogens with two attached hydrogens (primary N) is 1. The molecule has 3 heteroatoms. The van der Waals surface area contributed by atoms with E-state index < -0.39 is 0 Å². The topological polar surface area (TPSA) is 29.3 Å². The maximum atomic E-state index is 13.7. The van der Waals surface area contributed by atoms with Gasteiger partial charge in [0.25, 0.3) is 0 Å². The Hall–Kier alpha value is -1.09. The molecule has 1 unspecified atom stereocenters. The van der Waals surface area contributed by atoms with Crippen molar-refractivity contribution in [2.75, 3.05) is 18.0 Å². The van der Waals surface area contributed by atoms with Crippen LogP contribution in [0.1, 0.15) is 43.9 Å². The van der Waals surface area contributed by atoms with Crippen LogP contribution < -0.4 is 10.6 Å². The largest absolute Gasteiger partial charge is 0.371 e. The Labute approximate surface area is 109 Å². The molecule has 2 N–H and O–H groups in total. The number of aryl methyl sites for hydroxylation is 1. The fraction of sp³-hybridized carbons (Fsp3) is 0.600. The maximum Gasteiger partial charge on any atom is 0.126 e. The van der Waals surface area contributed by atoms with Gasteiger partial charge >= 0.3 is 0 Å². The Morgan fingerprint density at radius 2 is 2.22 bits per heavy atom. The van der Waals surface area contributed by atoms with Gasteiger partial charge in [0, 0.05) is 24.8 Å². The molecule has 1 aromatic carbocycles. The predicted molar refractivity (Wildman–Crippen MR) is 74.4 cm³/mol. The SMILES string of the molecule is CCC1CCN(c2cc(C)c(F)cc2[C@@H](C)N)C1. The van der Waals surface area contributed by atoms with Crippen LogP contribution in [0.3, 0.4) is 0 Å². The summed E-state index contributed by atoms with van der Waals surface area (Å²) in [5.41, 5.74) is 8.73. The Morgan fingerprint density at radius 3 is 2.78 bits per heavy atom. The van der Waals surface area contributed by atoms with E-state index in [1.807, 2.05) is 19.9 Å². The van der Waals surface area contributed by atoms with Crippen molar-refractivity contribution in [3.8, 4) is 0 Å². The Bertz CT molecular complexity index is 429. The van der Waals surface area contributed by atoms with Crippen LogP contribution in [-0.4, -0.2) is 13.1 Å². The highest BCUT2D eigenvalue weighted by Crippen LogP contribution is 2.32. The third-order valence-corrected chi connectivity index (χ3v) is 4.00. The highest BCUT2D eigenvalue weighted by Gasteiger charge is 2.24. The number of benzene rings is 1. The average molecular weight is 250 g/mol. The van der Waals surface area contributed by atoms with Crippen LogP contribution in [0.5, 0.6) is 0 Å². The van der Waals surface area contributed by atoms with Gasteiger partial charge in [0.1, 0.15) is 5.82 Å². The standard InChI is InChI=1S/C15H23FN2/c1-4-12-5-6-18(9-12)15-7-10(2)14(16)8-13(15)11(3)17/h7-8,11-12H,4-6,9,17H2,1-3H3/t11-,12?/m1/s1. The number of halogens is 1. The third kappa shape index (κ3) is 2.51. The molecule has 1 saturated heterocycles. The van der Waals surface area contributed by atoms with Gasteiger partial charge in [-0.1, -0.05) is 13.3 Å². The summed E-state index contributed by atoms with van der Waals surface area (Å²) < 4.78 is 13.7. The molecular formula is C15H23FN2. The lowest BCUT2D eigenvalue weighted by atomic mass is 10.0. The van der Waals surface area contributed by atoms with Crippen LogP contribution in [-0.2, 0) is 0 Å². The molecule has 0 aromatic heterocycles. The molecule has 100 valence electrons. The van der Waals surface area contributed by atoms with Crippen molar-refractivity contribution in [3.63, 3.8) is 0 Å².